The zero-order chi connectivity index (χ0) is 12.8. The molecule has 2 unspecified atom stereocenters. The Morgan fingerprint density at radius 3 is 2.71 bits per heavy atom. The summed E-state index contributed by atoms with van der Waals surface area (Å²) < 4.78 is 6.81. The minimum absolute atomic E-state index is 0.0953. The number of ether oxygens (including phenoxy) is 1. The standard InChI is InChI=1S/C11H21N3O3/c1-4-11(16)10-6-14(13-12-10)5-9(15)7-17-8(2)3/h6,8-9,11,15-16H,4-5,7H2,1-3H3. The maximum Gasteiger partial charge on any atom is 0.111 e. The van der Waals surface area contributed by atoms with Crippen LogP contribution in [0.4, 0.5) is 0 Å². The highest BCUT2D eigenvalue weighted by Gasteiger charge is 2.12. The van der Waals surface area contributed by atoms with E-state index in [9.17, 15) is 10.2 Å². The van der Waals surface area contributed by atoms with Crippen molar-refractivity contribution in [2.24, 2.45) is 0 Å². The quantitative estimate of drug-likeness (QED) is 0.729. The Kier molecular flexibility index (Phi) is 5.54. The highest BCUT2D eigenvalue weighted by atomic mass is 16.5. The van der Waals surface area contributed by atoms with Gasteiger partial charge in [-0.3, -0.25) is 0 Å². The van der Waals surface area contributed by atoms with Gasteiger partial charge in [-0.25, -0.2) is 4.68 Å². The molecule has 2 atom stereocenters. The third-order valence-corrected chi connectivity index (χ3v) is 2.30. The lowest BCUT2D eigenvalue weighted by atomic mass is 10.2. The van der Waals surface area contributed by atoms with Crippen LogP contribution in [0.5, 0.6) is 0 Å². The van der Waals surface area contributed by atoms with Gasteiger partial charge in [0.1, 0.15) is 5.69 Å². The first kappa shape index (κ1) is 14.1. The fourth-order valence-electron chi connectivity index (χ4n) is 1.34. The van der Waals surface area contributed by atoms with E-state index >= 15 is 0 Å². The lowest BCUT2D eigenvalue weighted by Crippen LogP contribution is -2.24. The molecule has 0 spiro atoms. The predicted molar refractivity (Wildman–Crippen MR) is 62.4 cm³/mol. The van der Waals surface area contributed by atoms with Crippen LogP contribution in [0, 0.1) is 0 Å². The van der Waals surface area contributed by atoms with Gasteiger partial charge >= 0.3 is 0 Å². The van der Waals surface area contributed by atoms with Gasteiger partial charge in [-0.1, -0.05) is 12.1 Å². The van der Waals surface area contributed by atoms with Gasteiger partial charge in [0.15, 0.2) is 0 Å². The molecule has 1 heterocycles. The molecule has 98 valence electrons. The van der Waals surface area contributed by atoms with Crippen molar-refractivity contribution in [3.05, 3.63) is 11.9 Å². The van der Waals surface area contributed by atoms with Crippen LogP contribution in [-0.2, 0) is 11.3 Å². The number of aliphatic hydroxyl groups is 2. The van der Waals surface area contributed by atoms with Gasteiger partial charge in [-0.15, -0.1) is 5.10 Å². The normalized spacial score (nSPS) is 15.2. The minimum Gasteiger partial charge on any atom is -0.389 e. The topological polar surface area (TPSA) is 80.4 Å². The van der Waals surface area contributed by atoms with Crippen molar-refractivity contribution >= 4 is 0 Å². The van der Waals surface area contributed by atoms with Crippen molar-refractivity contribution < 1.29 is 14.9 Å². The molecule has 6 nitrogen and oxygen atoms in total. The van der Waals surface area contributed by atoms with Crippen LogP contribution in [0.2, 0.25) is 0 Å². The van der Waals surface area contributed by atoms with Crippen LogP contribution in [0.25, 0.3) is 0 Å². The number of rotatable bonds is 7. The fraction of sp³-hybridized carbons (Fsp3) is 0.818. The molecule has 2 N–H and O–H groups in total. The highest BCUT2D eigenvalue weighted by molar-refractivity contribution is 4.96. The van der Waals surface area contributed by atoms with E-state index in [-0.39, 0.29) is 12.7 Å². The van der Waals surface area contributed by atoms with Crippen molar-refractivity contribution in [3.8, 4) is 0 Å². The summed E-state index contributed by atoms with van der Waals surface area (Å²) in [5.74, 6) is 0. The Morgan fingerprint density at radius 2 is 2.12 bits per heavy atom. The number of aromatic nitrogens is 3. The first-order chi connectivity index (χ1) is 8.02. The molecular weight excluding hydrogens is 222 g/mol. The average Bonchev–Trinajstić information content (AvgIpc) is 2.73. The number of aliphatic hydroxyl groups excluding tert-OH is 2. The monoisotopic (exact) mass is 243 g/mol. The molecule has 0 fully saturated rings. The first-order valence-corrected chi connectivity index (χ1v) is 5.90. The third-order valence-electron chi connectivity index (χ3n) is 2.30. The van der Waals surface area contributed by atoms with E-state index in [2.05, 4.69) is 10.3 Å². The third kappa shape index (κ3) is 4.80. The van der Waals surface area contributed by atoms with E-state index in [0.717, 1.165) is 0 Å². The van der Waals surface area contributed by atoms with Gasteiger partial charge < -0.3 is 14.9 Å². The van der Waals surface area contributed by atoms with E-state index in [4.69, 9.17) is 4.74 Å². The summed E-state index contributed by atoms with van der Waals surface area (Å²) in [6, 6.07) is 0. The Hall–Kier alpha value is -0.980. The van der Waals surface area contributed by atoms with Gasteiger partial charge in [0.05, 0.1) is 37.7 Å². The van der Waals surface area contributed by atoms with E-state index in [1.54, 1.807) is 6.20 Å². The maximum atomic E-state index is 9.68. The number of hydrogen-bond donors (Lipinski definition) is 2. The smallest absolute Gasteiger partial charge is 0.111 e. The summed E-state index contributed by atoms with van der Waals surface area (Å²) >= 11 is 0. The molecule has 0 aliphatic rings. The first-order valence-electron chi connectivity index (χ1n) is 5.90. The Bertz CT molecular complexity index is 328. The predicted octanol–water partition coefficient (Wildman–Crippen LogP) is 0.507. The summed E-state index contributed by atoms with van der Waals surface area (Å²) in [6.07, 6.45) is 1.13. The Labute approximate surface area is 101 Å². The minimum atomic E-state index is -0.620. The molecule has 0 saturated carbocycles. The van der Waals surface area contributed by atoms with Crippen LogP contribution in [-0.4, -0.2) is 44.0 Å². The molecular formula is C11H21N3O3. The van der Waals surface area contributed by atoms with Crippen LogP contribution in [0.3, 0.4) is 0 Å². The van der Waals surface area contributed by atoms with Crippen molar-refractivity contribution in [2.45, 2.75) is 52.0 Å². The lowest BCUT2D eigenvalue weighted by Gasteiger charge is -2.12. The summed E-state index contributed by atoms with van der Waals surface area (Å²) in [5.41, 5.74) is 0.532. The molecule has 0 radical (unpaired) electrons. The molecule has 6 heteroatoms. The van der Waals surface area contributed by atoms with Gasteiger partial charge in [0.2, 0.25) is 0 Å². The van der Waals surface area contributed by atoms with Gasteiger partial charge in [0, 0.05) is 0 Å². The van der Waals surface area contributed by atoms with Gasteiger partial charge in [-0.05, 0) is 20.3 Å². The zero-order valence-corrected chi connectivity index (χ0v) is 10.6. The summed E-state index contributed by atoms with van der Waals surface area (Å²) in [4.78, 5) is 0. The number of nitrogens with zero attached hydrogens (tertiary/aromatic N) is 3. The summed E-state index contributed by atoms with van der Waals surface area (Å²) in [6.45, 7) is 6.28. The van der Waals surface area contributed by atoms with Gasteiger partial charge in [-0.2, -0.15) is 0 Å². The van der Waals surface area contributed by atoms with Crippen LogP contribution in [0.15, 0.2) is 6.20 Å². The largest absolute Gasteiger partial charge is 0.389 e. The summed E-state index contributed by atoms with van der Waals surface area (Å²) in [5, 5.41) is 26.9. The van der Waals surface area contributed by atoms with Crippen molar-refractivity contribution in [3.63, 3.8) is 0 Å². The molecule has 1 aromatic rings. The van der Waals surface area contributed by atoms with Crippen LogP contribution in [0.1, 0.15) is 39.0 Å². The molecule has 1 rings (SSSR count). The maximum absolute atomic E-state index is 9.68. The number of hydrogen-bond acceptors (Lipinski definition) is 5. The van der Waals surface area contributed by atoms with E-state index in [0.29, 0.717) is 18.7 Å². The molecule has 0 saturated heterocycles. The molecule has 0 aromatic carbocycles. The Morgan fingerprint density at radius 1 is 1.41 bits per heavy atom. The average molecular weight is 243 g/mol. The van der Waals surface area contributed by atoms with E-state index in [1.165, 1.54) is 4.68 Å². The van der Waals surface area contributed by atoms with Crippen molar-refractivity contribution in [1.29, 1.82) is 0 Å². The SMILES string of the molecule is CCC(O)c1cn(CC(O)COC(C)C)nn1. The molecule has 0 bridgehead atoms. The Balaban J connectivity index is 2.43. The van der Waals surface area contributed by atoms with Crippen molar-refractivity contribution in [1.82, 2.24) is 15.0 Å². The van der Waals surface area contributed by atoms with E-state index < -0.39 is 12.2 Å². The molecule has 1 aromatic heterocycles. The molecule has 17 heavy (non-hydrogen) atoms. The highest BCUT2D eigenvalue weighted by Crippen LogP contribution is 2.11. The van der Waals surface area contributed by atoms with E-state index in [1.807, 2.05) is 20.8 Å². The fourth-order valence-corrected chi connectivity index (χ4v) is 1.34. The lowest BCUT2D eigenvalue weighted by molar-refractivity contribution is -0.00222. The molecule has 0 aliphatic carbocycles. The van der Waals surface area contributed by atoms with Crippen molar-refractivity contribution in [2.75, 3.05) is 6.61 Å². The van der Waals surface area contributed by atoms with Crippen LogP contribution < -0.4 is 0 Å². The second kappa shape index (κ2) is 6.68. The second-order valence-electron chi connectivity index (χ2n) is 4.33. The zero-order valence-electron chi connectivity index (χ0n) is 10.6. The van der Waals surface area contributed by atoms with Gasteiger partial charge in [0.25, 0.3) is 0 Å². The molecule has 0 aliphatic heterocycles. The molecule has 0 amide bonds. The summed E-state index contributed by atoms with van der Waals surface area (Å²) in [7, 11) is 0. The second-order valence-corrected chi connectivity index (χ2v) is 4.33. The van der Waals surface area contributed by atoms with Crippen LogP contribution >= 0.6 is 0 Å².